The van der Waals surface area contributed by atoms with Gasteiger partial charge >= 0.3 is 11.9 Å². The van der Waals surface area contributed by atoms with Crippen molar-refractivity contribution in [3.8, 4) is 22.7 Å². The summed E-state index contributed by atoms with van der Waals surface area (Å²) in [6.45, 7) is 2.23. The van der Waals surface area contributed by atoms with Gasteiger partial charge in [-0.1, -0.05) is 25.1 Å². The highest BCUT2D eigenvalue weighted by Gasteiger charge is 2.31. The van der Waals surface area contributed by atoms with Crippen molar-refractivity contribution in [3.63, 3.8) is 0 Å². The summed E-state index contributed by atoms with van der Waals surface area (Å²) in [4.78, 5) is 25.3. The Morgan fingerprint density at radius 2 is 1.74 bits per heavy atom. The van der Waals surface area contributed by atoms with E-state index in [1.807, 2.05) is 13.0 Å². The molecule has 0 aliphatic rings. The third-order valence-electron chi connectivity index (χ3n) is 4.62. The maximum atomic E-state index is 12.7. The molecule has 3 aromatic rings. The highest BCUT2D eigenvalue weighted by atomic mass is 16.5. The lowest BCUT2D eigenvalue weighted by atomic mass is 10.0. The van der Waals surface area contributed by atoms with Gasteiger partial charge in [0, 0.05) is 11.1 Å². The monoisotopic (exact) mass is 424 g/mol. The van der Waals surface area contributed by atoms with Crippen LogP contribution in [0.1, 0.15) is 39.8 Å². The molecule has 8 nitrogen and oxygen atoms in total. The predicted octanol–water partition coefficient (Wildman–Crippen LogP) is 3.39. The number of carbonyl (C=O) groups excluding carboxylic acids is 2. The van der Waals surface area contributed by atoms with E-state index >= 15 is 0 Å². The van der Waals surface area contributed by atoms with Crippen molar-refractivity contribution < 1.29 is 28.9 Å². The number of nitrogens with zero attached hydrogens (tertiary/aromatic N) is 2. The van der Waals surface area contributed by atoms with Gasteiger partial charge in [-0.3, -0.25) is 0 Å². The average Bonchev–Trinajstić information content (AvgIpc) is 3.22. The fourth-order valence-corrected chi connectivity index (χ4v) is 3.16. The van der Waals surface area contributed by atoms with Crippen molar-refractivity contribution in [2.75, 3.05) is 20.8 Å². The lowest BCUT2D eigenvalue weighted by Crippen LogP contribution is -2.15. The number of aliphatic hydroxyl groups is 1. The summed E-state index contributed by atoms with van der Waals surface area (Å²) in [7, 11) is 2.46. The molecule has 0 saturated carbocycles. The largest absolute Gasteiger partial charge is 0.493 e. The summed E-state index contributed by atoms with van der Waals surface area (Å²) in [6, 6.07) is 14.0. The Morgan fingerprint density at radius 3 is 2.35 bits per heavy atom. The first kappa shape index (κ1) is 22.0. The van der Waals surface area contributed by atoms with E-state index in [0.29, 0.717) is 29.2 Å². The standard InChI is InChI=1S/C23H24N2O6/c1-4-12-31-18-11-10-15(13-16(18)14-26)20-19(22(27)29-2)21(23(28)30-3)25(24-20)17-8-6-5-7-9-17/h5-11,13,26H,4,12,14H2,1-3H3. The second kappa shape index (κ2) is 9.90. The first-order chi connectivity index (χ1) is 15.0. The third-order valence-corrected chi connectivity index (χ3v) is 4.62. The van der Waals surface area contributed by atoms with E-state index < -0.39 is 11.9 Å². The van der Waals surface area contributed by atoms with Crippen LogP contribution < -0.4 is 4.74 Å². The molecule has 1 heterocycles. The molecule has 0 atom stereocenters. The number of rotatable bonds is 8. The Kier molecular flexibility index (Phi) is 7.04. The van der Waals surface area contributed by atoms with Gasteiger partial charge in [0.2, 0.25) is 0 Å². The van der Waals surface area contributed by atoms with Crippen LogP contribution in [0.5, 0.6) is 5.75 Å². The SMILES string of the molecule is CCCOc1ccc(-c2nn(-c3ccccc3)c(C(=O)OC)c2C(=O)OC)cc1CO. The van der Waals surface area contributed by atoms with Crippen LogP contribution in [0.3, 0.4) is 0 Å². The predicted molar refractivity (Wildman–Crippen MR) is 113 cm³/mol. The van der Waals surface area contributed by atoms with Crippen LogP contribution in [0.25, 0.3) is 16.9 Å². The number of ether oxygens (including phenoxy) is 3. The van der Waals surface area contributed by atoms with Crippen LogP contribution in [0.2, 0.25) is 0 Å². The normalized spacial score (nSPS) is 10.6. The molecule has 0 spiro atoms. The smallest absolute Gasteiger partial charge is 0.357 e. The van der Waals surface area contributed by atoms with E-state index in [2.05, 4.69) is 5.10 Å². The van der Waals surface area contributed by atoms with Gasteiger partial charge in [0.1, 0.15) is 17.0 Å². The number of methoxy groups -OCH3 is 2. The summed E-state index contributed by atoms with van der Waals surface area (Å²) in [5.41, 5.74) is 1.79. The number of carbonyl (C=O) groups is 2. The Labute approximate surface area is 180 Å². The van der Waals surface area contributed by atoms with Gasteiger partial charge in [-0.15, -0.1) is 0 Å². The van der Waals surface area contributed by atoms with Gasteiger partial charge in [-0.2, -0.15) is 5.10 Å². The molecule has 0 radical (unpaired) electrons. The quantitative estimate of drug-likeness (QED) is 0.553. The zero-order valence-corrected chi connectivity index (χ0v) is 17.6. The summed E-state index contributed by atoms with van der Waals surface area (Å²) in [5.74, 6) is -0.911. The minimum Gasteiger partial charge on any atom is -0.493 e. The molecule has 0 aliphatic carbocycles. The zero-order valence-electron chi connectivity index (χ0n) is 17.6. The lowest BCUT2D eigenvalue weighted by Gasteiger charge is -2.11. The molecule has 2 aromatic carbocycles. The summed E-state index contributed by atoms with van der Waals surface area (Å²) in [6.07, 6.45) is 0.822. The Balaban J connectivity index is 2.26. The van der Waals surface area contributed by atoms with E-state index in [0.717, 1.165) is 6.42 Å². The number of benzene rings is 2. The van der Waals surface area contributed by atoms with Crippen molar-refractivity contribution >= 4 is 11.9 Å². The molecule has 0 bridgehead atoms. The highest BCUT2D eigenvalue weighted by molar-refractivity contribution is 6.06. The molecular weight excluding hydrogens is 400 g/mol. The molecule has 0 amide bonds. The van der Waals surface area contributed by atoms with Crippen molar-refractivity contribution in [2.45, 2.75) is 20.0 Å². The summed E-state index contributed by atoms with van der Waals surface area (Å²) < 4.78 is 16.9. The van der Waals surface area contributed by atoms with E-state index in [9.17, 15) is 14.7 Å². The second-order valence-corrected chi connectivity index (χ2v) is 6.63. The number of esters is 2. The van der Waals surface area contributed by atoms with Crippen LogP contribution in [-0.2, 0) is 16.1 Å². The van der Waals surface area contributed by atoms with E-state index in [1.165, 1.54) is 18.9 Å². The van der Waals surface area contributed by atoms with Crippen LogP contribution >= 0.6 is 0 Å². The van der Waals surface area contributed by atoms with Gasteiger partial charge in [0.05, 0.1) is 33.1 Å². The molecule has 0 aliphatic heterocycles. The summed E-state index contributed by atoms with van der Waals surface area (Å²) in [5, 5.41) is 14.4. The van der Waals surface area contributed by atoms with Crippen molar-refractivity contribution in [1.29, 1.82) is 0 Å². The molecule has 1 N–H and O–H groups in total. The number of hydrogen-bond donors (Lipinski definition) is 1. The average molecular weight is 424 g/mol. The molecule has 8 heteroatoms. The first-order valence-corrected chi connectivity index (χ1v) is 9.77. The number of para-hydroxylation sites is 1. The van der Waals surface area contributed by atoms with E-state index in [1.54, 1.807) is 42.5 Å². The van der Waals surface area contributed by atoms with E-state index in [-0.39, 0.29) is 23.6 Å². The first-order valence-electron chi connectivity index (χ1n) is 9.77. The number of aliphatic hydroxyl groups excluding tert-OH is 1. The van der Waals surface area contributed by atoms with Crippen LogP contribution in [0, 0.1) is 0 Å². The minimum atomic E-state index is -0.728. The Hall–Kier alpha value is -3.65. The minimum absolute atomic E-state index is 0.0238. The van der Waals surface area contributed by atoms with Crippen LogP contribution in [-0.4, -0.2) is 47.7 Å². The molecule has 0 fully saturated rings. The van der Waals surface area contributed by atoms with E-state index in [4.69, 9.17) is 14.2 Å². The molecule has 1 aromatic heterocycles. The lowest BCUT2D eigenvalue weighted by molar-refractivity contribution is 0.0549. The molecular formula is C23H24N2O6. The van der Waals surface area contributed by atoms with Crippen molar-refractivity contribution in [3.05, 3.63) is 65.4 Å². The Bertz CT molecular complexity index is 1080. The van der Waals surface area contributed by atoms with Crippen molar-refractivity contribution in [2.24, 2.45) is 0 Å². The maximum Gasteiger partial charge on any atom is 0.357 e. The number of hydrogen-bond acceptors (Lipinski definition) is 7. The van der Waals surface area contributed by atoms with Crippen LogP contribution in [0.4, 0.5) is 0 Å². The molecule has 0 unspecified atom stereocenters. The van der Waals surface area contributed by atoms with Crippen molar-refractivity contribution in [1.82, 2.24) is 9.78 Å². The topological polar surface area (TPSA) is 99.9 Å². The Morgan fingerprint density at radius 1 is 1.03 bits per heavy atom. The third kappa shape index (κ3) is 4.44. The van der Waals surface area contributed by atoms with Gasteiger partial charge in [0.25, 0.3) is 0 Å². The highest BCUT2D eigenvalue weighted by Crippen LogP contribution is 2.32. The molecule has 3 rings (SSSR count). The fourth-order valence-electron chi connectivity index (χ4n) is 3.16. The van der Waals surface area contributed by atoms with Crippen LogP contribution in [0.15, 0.2) is 48.5 Å². The maximum absolute atomic E-state index is 12.7. The van der Waals surface area contributed by atoms with Gasteiger partial charge in [-0.05, 0) is 36.8 Å². The number of aromatic nitrogens is 2. The summed E-state index contributed by atoms with van der Waals surface area (Å²) >= 11 is 0. The second-order valence-electron chi connectivity index (χ2n) is 6.63. The zero-order chi connectivity index (χ0) is 22.4. The molecule has 0 saturated heterocycles. The van der Waals surface area contributed by atoms with Gasteiger partial charge in [-0.25, -0.2) is 14.3 Å². The fraction of sp³-hybridized carbons (Fsp3) is 0.261. The molecule has 162 valence electrons. The van der Waals surface area contributed by atoms with Gasteiger partial charge in [0.15, 0.2) is 5.69 Å². The molecule has 31 heavy (non-hydrogen) atoms. The van der Waals surface area contributed by atoms with Gasteiger partial charge < -0.3 is 19.3 Å².